The van der Waals surface area contributed by atoms with Gasteiger partial charge in [0.25, 0.3) is 0 Å². The summed E-state index contributed by atoms with van der Waals surface area (Å²) < 4.78 is 23.2. The molecule has 2 fully saturated rings. The van der Waals surface area contributed by atoms with Crippen molar-refractivity contribution in [3.63, 3.8) is 0 Å². The third-order valence-electron chi connectivity index (χ3n) is 4.49. The molecule has 2 aliphatic rings. The van der Waals surface area contributed by atoms with Gasteiger partial charge in [-0.15, -0.1) is 0 Å². The molecule has 106 valence electrons. The molecule has 0 amide bonds. The first-order valence-electron chi connectivity index (χ1n) is 7.20. The number of nitrogens with two attached hydrogens (primary N) is 1. The van der Waals surface area contributed by atoms with Crippen LogP contribution in [0.15, 0.2) is 0 Å². The second kappa shape index (κ2) is 5.47. The molecule has 0 bridgehead atoms. The Kier molecular flexibility index (Phi) is 4.34. The summed E-state index contributed by atoms with van der Waals surface area (Å²) in [4.78, 5) is 2.55. The summed E-state index contributed by atoms with van der Waals surface area (Å²) in [7, 11) is -2.81. The number of hydrogen-bond donors (Lipinski definition) is 1. The van der Waals surface area contributed by atoms with Gasteiger partial charge >= 0.3 is 0 Å². The van der Waals surface area contributed by atoms with Crippen LogP contribution in [-0.2, 0) is 9.84 Å². The fraction of sp³-hybridized carbons (Fsp3) is 1.00. The largest absolute Gasteiger partial charge is 0.329 e. The lowest BCUT2D eigenvalue weighted by Crippen LogP contribution is -2.58. The van der Waals surface area contributed by atoms with Gasteiger partial charge < -0.3 is 5.73 Å². The Hall–Kier alpha value is -0.130. The van der Waals surface area contributed by atoms with Crippen molar-refractivity contribution in [2.75, 3.05) is 24.6 Å². The third-order valence-corrected chi connectivity index (χ3v) is 6.14. The van der Waals surface area contributed by atoms with E-state index in [2.05, 4.69) is 11.8 Å². The van der Waals surface area contributed by atoms with Crippen molar-refractivity contribution in [2.24, 2.45) is 5.73 Å². The summed E-state index contributed by atoms with van der Waals surface area (Å²) in [5.41, 5.74) is 5.99. The Morgan fingerprint density at radius 3 is 2.33 bits per heavy atom. The topological polar surface area (TPSA) is 63.4 Å². The summed E-state index contributed by atoms with van der Waals surface area (Å²) in [6.45, 7) is 3.88. The maximum atomic E-state index is 11.6. The molecule has 1 heterocycles. The summed E-state index contributed by atoms with van der Waals surface area (Å²) in [5, 5.41) is 0. The highest BCUT2D eigenvalue weighted by atomic mass is 32.2. The van der Waals surface area contributed by atoms with E-state index in [1.807, 2.05) is 0 Å². The van der Waals surface area contributed by atoms with Crippen molar-refractivity contribution in [1.82, 2.24) is 4.90 Å². The van der Waals surface area contributed by atoms with E-state index in [1.165, 1.54) is 25.7 Å². The minimum Gasteiger partial charge on any atom is -0.329 e. The number of nitrogens with zero attached hydrogens (tertiary/aromatic N) is 1. The normalized spacial score (nSPS) is 26.4. The molecule has 1 aliphatic heterocycles. The Morgan fingerprint density at radius 2 is 1.89 bits per heavy atom. The van der Waals surface area contributed by atoms with Gasteiger partial charge in [0.05, 0.1) is 11.5 Å². The molecule has 2 N–H and O–H groups in total. The van der Waals surface area contributed by atoms with Crippen molar-refractivity contribution in [3.8, 4) is 0 Å². The zero-order valence-corrected chi connectivity index (χ0v) is 12.2. The SMILES string of the molecule is CCCCN(C1CC1)C1(CN)CCS(=O)(=O)CC1. The van der Waals surface area contributed by atoms with Crippen molar-refractivity contribution in [3.05, 3.63) is 0 Å². The van der Waals surface area contributed by atoms with Crippen LogP contribution in [0.1, 0.15) is 45.4 Å². The van der Waals surface area contributed by atoms with E-state index in [9.17, 15) is 8.42 Å². The lowest BCUT2D eigenvalue weighted by Gasteiger charge is -2.46. The molecule has 2 rings (SSSR count). The predicted molar refractivity (Wildman–Crippen MR) is 74.3 cm³/mol. The number of rotatable bonds is 6. The first-order valence-corrected chi connectivity index (χ1v) is 9.02. The van der Waals surface area contributed by atoms with Gasteiger partial charge in [0, 0.05) is 18.1 Å². The molecular weight excluding hydrogens is 248 g/mol. The van der Waals surface area contributed by atoms with Crippen LogP contribution < -0.4 is 5.73 Å². The van der Waals surface area contributed by atoms with Crippen molar-refractivity contribution in [1.29, 1.82) is 0 Å². The number of hydrogen-bond acceptors (Lipinski definition) is 4. The van der Waals surface area contributed by atoms with Gasteiger partial charge in [0.15, 0.2) is 0 Å². The predicted octanol–water partition coefficient (Wildman–Crippen LogP) is 1.16. The Labute approximate surface area is 111 Å². The zero-order chi connectivity index (χ0) is 13.2. The molecule has 0 aromatic carbocycles. The molecule has 4 nitrogen and oxygen atoms in total. The monoisotopic (exact) mass is 274 g/mol. The highest BCUT2D eigenvalue weighted by Gasteiger charge is 2.45. The molecule has 1 saturated carbocycles. The Morgan fingerprint density at radius 1 is 1.28 bits per heavy atom. The van der Waals surface area contributed by atoms with Gasteiger partial charge in [-0.05, 0) is 38.6 Å². The fourth-order valence-electron chi connectivity index (χ4n) is 3.05. The molecule has 18 heavy (non-hydrogen) atoms. The summed E-state index contributed by atoms with van der Waals surface area (Å²) in [6.07, 6.45) is 6.35. The van der Waals surface area contributed by atoms with Crippen LogP contribution in [0.25, 0.3) is 0 Å². The van der Waals surface area contributed by atoms with E-state index in [0.717, 1.165) is 19.4 Å². The van der Waals surface area contributed by atoms with Gasteiger partial charge in [-0.1, -0.05) is 13.3 Å². The van der Waals surface area contributed by atoms with Crippen LogP contribution in [0.5, 0.6) is 0 Å². The lowest BCUT2D eigenvalue weighted by molar-refractivity contribution is 0.0725. The van der Waals surface area contributed by atoms with Crippen LogP contribution in [0.3, 0.4) is 0 Å². The second-order valence-corrected chi connectivity index (χ2v) is 8.16. The average molecular weight is 274 g/mol. The van der Waals surface area contributed by atoms with Gasteiger partial charge in [0.1, 0.15) is 9.84 Å². The molecule has 0 radical (unpaired) electrons. The maximum Gasteiger partial charge on any atom is 0.150 e. The van der Waals surface area contributed by atoms with Crippen LogP contribution >= 0.6 is 0 Å². The number of sulfone groups is 1. The third kappa shape index (κ3) is 3.06. The number of unbranched alkanes of at least 4 members (excludes halogenated alkanes) is 1. The minimum absolute atomic E-state index is 0.0400. The van der Waals surface area contributed by atoms with E-state index in [4.69, 9.17) is 5.73 Å². The maximum absolute atomic E-state index is 11.6. The van der Waals surface area contributed by atoms with E-state index in [0.29, 0.717) is 24.1 Å². The molecule has 0 aromatic heterocycles. The molecule has 5 heteroatoms. The molecule has 0 atom stereocenters. The van der Waals surface area contributed by atoms with Gasteiger partial charge in [-0.3, -0.25) is 4.90 Å². The van der Waals surface area contributed by atoms with E-state index in [1.54, 1.807) is 0 Å². The standard InChI is InChI=1S/C13H26N2O2S/c1-2-3-8-15(12-4-5-12)13(11-14)6-9-18(16,17)10-7-13/h12H,2-11,14H2,1H3. The average Bonchev–Trinajstić information content (AvgIpc) is 3.16. The summed E-state index contributed by atoms with van der Waals surface area (Å²) in [6, 6.07) is 0.668. The molecule has 1 aliphatic carbocycles. The molecule has 1 saturated heterocycles. The van der Waals surface area contributed by atoms with Crippen molar-refractivity contribution >= 4 is 9.84 Å². The summed E-state index contributed by atoms with van der Waals surface area (Å²) >= 11 is 0. The van der Waals surface area contributed by atoms with Crippen LogP contribution in [-0.4, -0.2) is 49.5 Å². The molecule has 0 spiro atoms. The molecular formula is C13H26N2O2S. The molecule has 0 aromatic rings. The Bertz CT molecular complexity index is 362. The van der Waals surface area contributed by atoms with E-state index in [-0.39, 0.29) is 5.54 Å². The van der Waals surface area contributed by atoms with Gasteiger partial charge in [-0.2, -0.15) is 0 Å². The van der Waals surface area contributed by atoms with Gasteiger partial charge in [0.2, 0.25) is 0 Å². The Balaban J connectivity index is 2.09. The van der Waals surface area contributed by atoms with E-state index < -0.39 is 9.84 Å². The van der Waals surface area contributed by atoms with Crippen LogP contribution in [0.4, 0.5) is 0 Å². The first kappa shape index (κ1) is 14.3. The quantitative estimate of drug-likeness (QED) is 0.789. The van der Waals surface area contributed by atoms with Crippen LogP contribution in [0, 0.1) is 0 Å². The highest BCUT2D eigenvalue weighted by molar-refractivity contribution is 7.91. The molecule has 0 unspecified atom stereocenters. The van der Waals surface area contributed by atoms with Crippen molar-refractivity contribution in [2.45, 2.75) is 57.0 Å². The second-order valence-electron chi connectivity index (χ2n) is 5.86. The lowest BCUT2D eigenvalue weighted by atomic mass is 9.89. The highest BCUT2D eigenvalue weighted by Crippen LogP contribution is 2.38. The van der Waals surface area contributed by atoms with Gasteiger partial charge in [-0.25, -0.2) is 8.42 Å². The first-order chi connectivity index (χ1) is 8.53. The van der Waals surface area contributed by atoms with Crippen molar-refractivity contribution < 1.29 is 8.42 Å². The summed E-state index contributed by atoms with van der Waals surface area (Å²) in [5.74, 6) is 0.638. The smallest absolute Gasteiger partial charge is 0.150 e. The van der Waals surface area contributed by atoms with Crippen LogP contribution in [0.2, 0.25) is 0 Å². The fourth-order valence-corrected chi connectivity index (χ4v) is 4.63. The minimum atomic E-state index is -2.81. The zero-order valence-electron chi connectivity index (χ0n) is 11.4. The van der Waals surface area contributed by atoms with E-state index >= 15 is 0 Å².